The number of hydrogen-bond donors (Lipinski definition) is 1. The van der Waals surface area contributed by atoms with Crippen LogP contribution in [0.2, 0.25) is 0 Å². The minimum absolute atomic E-state index is 0.269. The van der Waals surface area contributed by atoms with E-state index < -0.39 is 0 Å². The summed E-state index contributed by atoms with van der Waals surface area (Å²) in [5, 5.41) is 2.79. The molecule has 0 saturated carbocycles. The number of cyclic esters (lactones) is 1. The van der Waals surface area contributed by atoms with Gasteiger partial charge < -0.3 is 10.1 Å². The molecule has 1 aliphatic heterocycles. The maximum absolute atomic E-state index is 12.2. The number of pyridine rings is 1. The van der Waals surface area contributed by atoms with Crippen LogP contribution in [0.15, 0.2) is 47.2 Å². The predicted octanol–water partition coefficient (Wildman–Crippen LogP) is 3.05. The van der Waals surface area contributed by atoms with Crippen molar-refractivity contribution in [2.75, 3.05) is 23.4 Å². The molecule has 0 spiro atoms. The van der Waals surface area contributed by atoms with Crippen molar-refractivity contribution >= 4 is 39.3 Å². The van der Waals surface area contributed by atoms with Gasteiger partial charge in [0.25, 0.3) is 5.91 Å². The van der Waals surface area contributed by atoms with Crippen molar-refractivity contribution in [2.45, 2.75) is 0 Å². The first-order valence-electron chi connectivity index (χ1n) is 6.60. The molecule has 22 heavy (non-hydrogen) atoms. The van der Waals surface area contributed by atoms with E-state index in [2.05, 4.69) is 26.2 Å². The summed E-state index contributed by atoms with van der Waals surface area (Å²) < 4.78 is 5.64. The number of hydrogen-bond acceptors (Lipinski definition) is 4. The molecule has 0 bridgehead atoms. The van der Waals surface area contributed by atoms with Crippen LogP contribution in [-0.4, -0.2) is 30.1 Å². The number of rotatable bonds is 3. The zero-order chi connectivity index (χ0) is 15.5. The average Bonchev–Trinajstić information content (AvgIpc) is 2.94. The summed E-state index contributed by atoms with van der Waals surface area (Å²) in [6.45, 7) is 0.880. The quantitative estimate of drug-likeness (QED) is 0.911. The van der Waals surface area contributed by atoms with Gasteiger partial charge in [0.05, 0.1) is 12.1 Å². The minimum Gasteiger partial charge on any atom is -0.447 e. The van der Waals surface area contributed by atoms with E-state index in [0.29, 0.717) is 30.1 Å². The van der Waals surface area contributed by atoms with E-state index in [1.54, 1.807) is 36.5 Å². The molecule has 0 unspecified atom stereocenters. The molecule has 6 nitrogen and oxygen atoms in total. The van der Waals surface area contributed by atoms with Gasteiger partial charge in [0.2, 0.25) is 0 Å². The Hall–Kier alpha value is -2.41. The molecule has 0 aliphatic carbocycles. The Morgan fingerprint density at radius 3 is 2.91 bits per heavy atom. The highest BCUT2D eigenvalue weighted by molar-refractivity contribution is 9.10. The smallest absolute Gasteiger partial charge is 0.414 e. The first-order chi connectivity index (χ1) is 10.6. The van der Waals surface area contributed by atoms with E-state index in [9.17, 15) is 9.59 Å². The Balaban J connectivity index is 1.78. The Labute approximate surface area is 135 Å². The van der Waals surface area contributed by atoms with Crippen molar-refractivity contribution in [1.29, 1.82) is 0 Å². The molecular formula is C15H12BrN3O3. The lowest BCUT2D eigenvalue weighted by atomic mass is 10.2. The van der Waals surface area contributed by atoms with Crippen molar-refractivity contribution in [3.8, 4) is 0 Å². The summed E-state index contributed by atoms with van der Waals surface area (Å²) >= 11 is 3.28. The normalized spacial score (nSPS) is 13.9. The van der Waals surface area contributed by atoms with Crippen LogP contribution in [0.1, 0.15) is 10.4 Å². The molecule has 0 atom stereocenters. The molecule has 2 amide bonds. The molecule has 2 aromatic rings. The van der Waals surface area contributed by atoms with E-state index in [4.69, 9.17) is 4.74 Å². The van der Waals surface area contributed by atoms with Crippen LogP contribution in [0, 0.1) is 0 Å². The third-order valence-corrected chi connectivity index (χ3v) is 3.58. The number of ether oxygens (including phenoxy) is 1. The maximum atomic E-state index is 12.2. The van der Waals surface area contributed by atoms with Crippen molar-refractivity contribution < 1.29 is 14.3 Å². The van der Waals surface area contributed by atoms with E-state index in [1.165, 1.54) is 11.1 Å². The van der Waals surface area contributed by atoms with Crippen molar-refractivity contribution in [3.05, 3.63) is 52.8 Å². The van der Waals surface area contributed by atoms with Gasteiger partial charge in [-0.2, -0.15) is 0 Å². The molecule has 0 radical (unpaired) electrons. The molecule has 1 saturated heterocycles. The van der Waals surface area contributed by atoms with Crippen LogP contribution < -0.4 is 10.2 Å². The van der Waals surface area contributed by atoms with Gasteiger partial charge in [-0.05, 0) is 40.2 Å². The summed E-state index contributed by atoms with van der Waals surface area (Å²) in [5.41, 5.74) is 1.73. The average molecular weight is 362 g/mol. The van der Waals surface area contributed by atoms with Gasteiger partial charge in [-0.3, -0.25) is 14.7 Å². The van der Waals surface area contributed by atoms with Gasteiger partial charge in [0, 0.05) is 28.2 Å². The second kappa shape index (κ2) is 6.15. The number of halogens is 1. The monoisotopic (exact) mass is 361 g/mol. The summed E-state index contributed by atoms with van der Waals surface area (Å²) in [5.74, 6) is -0.269. The first kappa shape index (κ1) is 14.5. The molecular weight excluding hydrogens is 350 g/mol. The number of aromatic nitrogens is 1. The van der Waals surface area contributed by atoms with Gasteiger partial charge >= 0.3 is 6.09 Å². The Bertz CT molecular complexity index is 735. The molecule has 3 rings (SSSR count). The second-order valence-corrected chi connectivity index (χ2v) is 5.58. The fourth-order valence-corrected chi connectivity index (χ4v) is 2.48. The van der Waals surface area contributed by atoms with Crippen LogP contribution in [0.25, 0.3) is 0 Å². The summed E-state index contributed by atoms with van der Waals surface area (Å²) in [7, 11) is 0. The Kier molecular flexibility index (Phi) is 4.06. The molecule has 1 aromatic heterocycles. The number of amides is 2. The molecule has 1 aliphatic rings. The van der Waals surface area contributed by atoms with Crippen LogP contribution in [0.3, 0.4) is 0 Å². The molecule has 1 aromatic carbocycles. The molecule has 1 N–H and O–H groups in total. The molecule has 112 valence electrons. The standard InChI is InChI=1S/C15H12BrN3O3/c16-11-6-10(8-17-9-11)14(20)18-12-2-1-3-13(7-12)19-4-5-22-15(19)21/h1-3,6-9H,4-5H2,(H,18,20). The highest BCUT2D eigenvalue weighted by Gasteiger charge is 2.23. The van der Waals surface area contributed by atoms with Crippen LogP contribution in [0.5, 0.6) is 0 Å². The zero-order valence-electron chi connectivity index (χ0n) is 11.5. The lowest BCUT2D eigenvalue weighted by Gasteiger charge is -2.14. The third-order valence-electron chi connectivity index (χ3n) is 3.14. The van der Waals surface area contributed by atoms with Crippen molar-refractivity contribution in [1.82, 2.24) is 4.98 Å². The number of anilines is 2. The third kappa shape index (κ3) is 3.09. The lowest BCUT2D eigenvalue weighted by Crippen LogP contribution is -2.23. The van der Waals surface area contributed by atoms with Gasteiger partial charge in [-0.15, -0.1) is 0 Å². The summed E-state index contributed by atoms with van der Waals surface area (Å²) in [6.07, 6.45) is 2.72. The van der Waals surface area contributed by atoms with E-state index in [1.807, 2.05) is 0 Å². The number of carbonyl (C=O) groups excluding carboxylic acids is 2. The number of nitrogens with zero attached hydrogens (tertiary/aromatic N) is 2. The fourth-order valence-electron chi connectivity index (χ4n) is 2.12. The van der Waals surface area contributed by atoms with Crippen molar-refractivity contribution in [2.24, 2.45) is 0 Å². The van der Waals surface area contributed by atoms with Crippen LogP contribution in [0.4, 0.5) is 16.2 Å². The van der Waals surface area contributed by atoms with E-state index >= 15 is 0 Å². The SMILES string of the molecule is O=C(Nc1cccc(N2CCOC2=O)c1)c1cncc(Br)c1. The highest BCUT2D eigenvalue weighted by atomic mass is 79.9. The van der Waals surface area contributed by atoms with Gasteiger partial charge in [0.1, 0.15) is 6.61 Å². The van der Waals surface area contributed by atoms with Gasteiger partial charge in [-0.1, -0.05) is 6.07 Å². The Morgan fingerprint density at radius 2 is 2.18 bits per heavy atom. The predicted molar refractivity (Wildman–Crippen MR) is 85.0 cm³/mol. The number of carbonyl (C=O) groups is 2. The Morgan fingerprint density at radius 1 is 1.32 bits per heavy atom. The highest BCUT2D eigenvalue weighted by Crippen LogP contribution is 2.23. The van der Waals surface area contributed by atoms with E-state index in [-0.39, 0.29) is 12.0 Å². The maximum Gasteiger partial charge on any atom is 0.414 e. The van der Waals surface area contributed by atoms with Gasteiger partial charge in [-0.25, -0.2) is 4.79 Å². The fraction of sp³-hybridized carbons (Fsp3) is 0.133. The minimum atomic E-state index is -0.375. The second-order valence-electron chi connectivity index (χ2n) is 4.66. The topological polar surface area (TPSA) is 71.5 Å². The summed E-state index contributed by atoms with van der Waals surface area (Å²) in [6, 6.07) is 8.74. The molecule has 7 heteroatoms. The summed E-state index contributed by atoms with van der Waals surface area (Å²) in [4.78, 5) is 29.2. The van der Waals surface area contributed by atoms with Gasteiger partial charge in [0.15, 0.2) is 0 Å². The van der Waals surface area contributed by atoms with Crippen LogP contribution >= 0.6 is 15.9 Å². The van der Waals surface area contributed by atoms with E-state index in [0.717, 1.165) is 4.47 Å². The number of benzene rings is 1. The molecule has 2 heterocycles. The van der Waals surface area contributed by atoms with Crippen LogP contribution in [-0.2, 0) is 4.74 Å². The largest absolute Gasteiger partial charge is 0.447 e. The lowest BCUT2D eigenvalue weighted by molar-refractivity contribution is 0.102. The van der Waals surface area contributed by atoms with Crippen molar-refractivity contribution in [3.63, 3.8) is 0 Å². The zero-order valence-corrected chi connectivity index (χ0v) is 13.0. The number of nitrogens with one attached hydrogen (secondary N) is 1. The molecule has 1 fully saturated rings. The first-order valence-corrected chi connectivity index (χ1v) is 7.39.